The summed E-state index contributed by atoms with van der Waals surface area (Å²) >= 11 is 12.4. The monoisotopic (exact) mass is 434 g/mol. The lowest BCUT2D eigenvalue weighted by Gasteiger charge is -2.40. The fourth-order valence-corrected chi connectivity index (χ4v) is 4.99. The minimum atomic E-state index is -1.27. The van der Waals surface area contributed by atoms with Gasteiger partial charge in [0.1, 0.15) is 5.54 Å². The van der Waals surface area contributed by atoms with Gasteiger partial charge >= 0.3 is 5.97 Å². The summed E-state index contributed by atoms with van der Waals surface area (Å²) in [5.74, 6) is -1.48. The molecule has 4 nitrogen and oxygen atoms in total. The van der Waals surface area contributed by atoms with Crippen LogP contribution in [0.4, 0.5) is 0 Å². The van der Waals surface area contributed by atoms with E-state index in [4.69, 9.17) is 28.9 Å². The van der Waals surface area contributed by atoms with Crippen LogP contribution < -0.4 is 11.1 Å². The molecule has 1 saturated heterocycles. The number of hydrogen-bond acceptors (Lipinski definition) is 3. The van der Waals surface area contributed by atoms with Crippen LogP contribution in [0, 0.1) is 5.41 Å². The first kappa shape index (κ1) is 22.1. The number of benzene rings is 2. The van der Waals surface area contributed by atoms with E-state index in [0.717, 1.165) is 11.1 Å². The number of hydrogen-bond donors (Lipinski definition) is 3. The Morgan fingerprint density at radius 1 is 1.14 bits per heavy atom. The number of carbonyl (C=O) groups is 1. The number of halogens is 2. The molecule has 0 spiro atoms. The first-order chi connectivity index (χ1) is 13.4. The van der Waals surface area contributed by atoms with Crippen molar-refractivity contribution in [2.24, 2.45) is 11.1 Å². The lowest BCUT2D eigenvalue weighted by Crippen LogP contribution is -2.52. The zero-order valence-electron chi connectivity index (χ0n) is 17.2. The molecule has 0 bridgehead atoms. The largest absolute Gasteiger partial charge is 0.480 e. The maximum atomic E-state index is 12.5. The predicted molar refractivity (Wildman–Crippen MR) is 119 cm³/mol. The summed E-state index contributed by atoms with van der Waals surface area (Å²) in [6.07, 6.45) is 0.700. The van der Waals surface area contributed by atoms with Gasteiger partial charge in [-0.15, -0.1) is 0 Å². The molecule has 1 heterocycles. The van der Waals surface area contributed by atoms with E-state index in [-0.39, 0.29) is 11.5 Å². The van der Waals surface area contributed by atoms with Crippen molar-refractivity contribution < 1.29 is 9.90 Å². The van der Waals surface area contributed by atoms with Gasteiger partial charge in [-0.1, -0.05) is 68.2 Å². The van der Waals surface area contributed by atoms with E-state index in [0.29, 0.717) is 16.5 Å². The van der Waals surface area contributed by atoms with E-state index in [2.05, 4.69) is 26.1 Å². The van der Waals surface area contributed by atoms with Crippen molar-refractivity contribution in [1.29, 1.82) is 0 Å². The van der Waals surface area contributed by atoms with E-state index in [9.17, 15) is 9.90 Å². The van der Waals surface area contributed by atoms with E-state index in [1.807, 2.05) is 30.3 Å². The minimum Gasteiger partial charge on any atom is -0.480 e. The quantitative estimate of drug-likeness (QED) is 0.619. The van der Waals surface area contributed by atoms with Gasteiger partial charge in [0.05, 0.1) is 5.54 Å². The zero-order valence-corrected chi connectivity index (χ0v) is 18.7. The van der Waals surface area contributed by atoms with Gasteiger partial charge in [0, 0.05) is 22.0 Å². The van der Waals surface area contributed by atoms with Crippen LogP contribution in [-0.2, 0) is 10.3 Å². The molecule has 2 aromatic carbocycles. The molecule has 1 aliphatic heterocycles. The highest BCUT2D eigenvalue weighted by atomic mass is 35.5. The van der Waals surface area contributed by atoms with Crippen LogP contribution in [0.2, 0.25) is 10.0 Å². The molecule has 6 heteroatoms. The summed E-state index contributed by atoms with van der Waals surface area (Å²) in [4.78, 5) is 12.5. The second kappa shape index (κ2) is 7.59. The number of nitrogens with one attached hydrogen (secondary N) is 1. The van der Waals surface area contributed by atoms with Crippen LogP contribution in [0.25, 0.3) is 0 Å². The molecule has 0 aromatic heterocycles. The van der Waals surface area contributed by atoms with Crippen molar-refractivity contribution in [3.8, 4) is 0 Å². The summed E-state index contributed by atoms with van der Waals surface area (Å²) in [7, 11) is 0. The Morgan fingerprint density at radius 2 is 1.76 bits per heavy atom. The summed E-state index contributed by atoms with van der Waals surface area (Å²) in [6, 6.07) is 14.4. The number of rotatable bonds is 4. The van der Waals surface area contributed by atoms with Crippen molar-refractivity contribution in [2.75, 3.05) is 0 Å². The second-order valence-corrected chi connectivity index (χ2v) is 10.3. The summed E-state index contributed by atoms with van der Waals surface area (Å²) in [5, 5.41) is 14.8. The lowest BCUT2D eigenvalue weighted by atomic mass is 9.66. The molecule has 156 valence electrons. The Hall–Kier alpha value is -1.59. The highest BCUT2D eigenvalue weighted by Crippen LogP contribution is 2.52. The van der Waals surface area contributed by atoms with Gasteiger partial charge in [-0.3, -0.25) is 10.1 Å². The van der Waals surface area contributed by atoms with E-state index < -0.39 is 23.0 Å². The highest BCUT2D eigenvalue weighted by Gasteiger charge is 2.63. The molecule has 0 radical (unpaired) electrons. The third-order valence-corrected chi connectivity index (χ3v) is 6.38. The van der Waals surface area contributed by atoms with Crippen LogP contribution in [0.3, 0.4) is 0 Å². The highest BCUT2D eigenvalue weighted by molar-refractivity contribution is 6.30. The number of nitrogens with two attached hydrogens (primary N) is 1. The second-order valence-electron chi connectivity index (χ2n) is 9.40. The normalized spacial score (nSPS) is 29.8. The van der Waals surface area contributed by atoms with Crippen LogP contribution in [0.1, 0.15) is 51.2 Å². The Balaban J connectivity index is 2.27. The van der Waals surface area contributed by atoms with Gasteiger partial charge in [0.25, 0.3) is 0 Å². The number of carboxylic acid groups (broad SMARTS) is 1. The van der Waals surface area contributed by atoms with Gasteiger partial charge in [0.15, 0.2) is 0 Å². The summed E-state index contributed by atoms with van der Waals surface area (Å²) in [6.45, 7) is 8.09. The van der Waals surface area contributed by atoms with Crippen LogP contribution in [0.15, 0.2) is 48.5 Å². The van der Waals surface area contributed by atoms with Crippen LogP contribution >= 0.6 is 23.2 Å². The molecule has 29 heavy (non-hydrogen) atoms. The summed E-state index contributed by atoms with van der Waals surface area (Å²) < 4.78 is 0. The number of carboxylic acids is 1. The van der Waals surface area contributed by atoms with Gasteiger partial charge in [-0.05, 0) is 54.2 Å². The van der Waals surface area contributed by atoms with E-state index in [1.54, 1.807) is 25.1 Å². The molecule has 4 unspecified atom stereocenters. The zero-order chi connectivity index (χ0) is 21.6. The molecule has 4 atom stereocenters. The molecule has 1 aliphatic rings. The van der Waals surface area contributed by atoms with E-state index >= 15 is 0 Å². The molecule has 0 aliphatic carbocycles. The summed E-state index contributed by atoms with van der Waals surface area (Å²) in [5.41, 5.74) is 6.55. The van der Waals surface area contributed by atoms with Crippen LogP contribution in [-0.4, -0.2) is 22.7 Å². The molecule has 3 rings (SSSR count). The Morgan fingerprint density at radius 3 is 2.28 bits per heavy atom. The topological polar surface area (TPSA) is 75.3 Å². The van der Waals surface area contributed by atoms with Gasteiger partial charge < -0.3 is 10.8 Å². The fraction of sp³-hybridized carbons (Fsp3) is 0.435. The molecule has 0 saturated carbocycles. The van der Waals surface area contributed by atoms with Crippen molar-refractivity contribution >= 4 is 29.2 Å². The first-order valence-corrected chi connectivity index (χ1v) is 10.4. The van der Waals surface area contributed by atoms with Gasteiger partial charge in [0.2, 0.25) is 0 Å². The fourth-order valence-electron chi connectivity index (χ4n) is 4.66. The van der Waals surface area contributed by atoms with Crippen molar-refractivity contribution in [3.05, 3.63) is 69.7 Å². The Kier molecular flexibility index (Phi) is 5.78. The number of aliphatic carboxylic acids is 1. The molecule has 1 fully saturated rings. The van der Waals surface area contributed by atoms with Crippen molar-refractivity contribution in [1.82, 2.24) is 5.32 Å². The minimum absolute atomic E-state index is 0.0582. The molecule has 0 amide bonds. The first-order valence-electron chi connectivity index (χ1n) is 9.69. The maximum absolute atomic E-state index is 12.5. The lowest BCUT2D eigenvalue weighted by molar-refractivity contribution is -0.144. The van der Waals surface area contributed by atoms with E-state index in [1.165, 1.54) is 0 Å². The molecular formula is C23H28Cl2N2O2. The van der Waals surface area contributed by atoms with Crippen LogP contribution in [0.5, 0.6) is 0 Å². The predicted octanol–water partition coefficient (Wildman–Crippen LogP) is 5.18. The molecule has 4 N–H and O–H groups in total. The average molecular weight is 435 g/mol. The smallest absolute Gasteiger partial charge is 0.324 e. The average Bonchev–Trinajstić information content (AvgIpc) is 2.83. The third-order valence-electron chi connectivity index (χ3n) is 5.89. The third kappa shape index (κ3) is 4.04. The SMILES string of the molecule is CC(C)(C)CC1NC(C)(C(=O)O)C(c2cccc(Cl)c2)C1(N)c1ccc(Cl)cc1. The standard InChI is InChI=1S/C23H28Cl2N2O2/c1-21(2,3)13-18-23(26,15-8-10-16(24)11-9-15)19(22(4,27-18)20(28)29)14-6-5-7-17(25)12-14/h5-12,18-19,27H,13,26H2,1-4H3,(H,28,29). The van der Waals surface area contributed by atoms with Gasteiger partial charge in [-0.25, -0.2) is 0 Å². The molecular weight excluding hydrogens is 407 g/mol. The maximum Gasteiger partial charge on any atom is 0.324 e. The van der Waals surface area contributed by atoms with Crippen molar-refractivity contribution in [2.45, 2.75) is 57.2 Å². The van der Waals surface area contributed by atoms with Gasteiger partial charge in [-0.2, -0.15) is 0 Å². The Labute approximate surface area is 182 Å². The molecule has 2 aromatic rings. The van der Waals surface area contributed by atoms with Crippen molar-refractivity contribution in [3.63, 3.8) is 0 Å². The Bertz CT molecular complexity index is 910.